The predicted molar refractivity (Wildman–Crippen MR) is 85.1 cm³/mol. The second-order valence-corrected chi connectivity index (χ2v) is 5.95. The molecule has 0 bridgehead atoms. The highest BCUT2D eigenvalue weighted by Crippen LogP contribution is 2.27. The molecule has 0 aromatic heterocycles. The van der Waals surface area contributed by atoms with E-state index < -0.39 is 0 Å². The molecule has 0 saturated carbocycles. The van der Waals surface area contributed by atoms with Gasteiger partial charge in [-0.1, -0.05) is 67.6 Å². The lowest BCUT2D eigenvalue weighted by molar-refractivity contribution is -0.127. The molecular weight excluding hydrogens is 258 g/mol. The Hall–Kier alpha value is -1.93. The average Bonchev–Trinajstić information content (AvgIpc) is 2.52. The Labute approximate surface area is 126 Å². The molecule has 21 heavy (non-hydrogen) atoms. The molecule has 2 unspecified atom stereocenters. The van der Waals surface area contributed by atoms with E-state index in [2.05, 4.69) is 48.2 Å². The summed E-state index contributed by atoms with van der Waals surface area (Å²) in [6, 6.07) is 20.7. The van der Waals surface area contributed by atoms with Crippen LogP contribution >= 0.6 is 0 Å². The maximum atomic E-state index is 12.5. The number of piperidine rings is 1. The maximum absolute atomic E-state index is 12.5. The minimum atomic E-state index is 0.0127. The summed E-state index contributed by atoms with van der Waals surface area (Å²) < 4.78 is 0. The van der Waals surface area contributed by atoms with Crippen molar-refractivity contribution in [2.75, 3.05) is 13.1 Å². The third kappa shape index (κ3) is 3.22. The number of carbonyl (C=O) groups excluding carboxylic acids is 1. The highest BCUT2D eigenvalue weighted by molar-refractivity contribution is 5.88. The molecule has 108 valence electrons. The summed E-state index contributed by atoms with van der Waals surface area (Å²) in [6.45, 7) is 4.65. The molecule has 1 aliphatic heterocycles. The van der Waals surface area contributed by atoms with Crippen molar-refractivity contribution in [1.82, 2.24) is 4.90 Å². The number of benzene rings is 2. The van der Waals surface area contributed by atoms with Crippen LogP contribution in [0, 0.1) is 5.92 Å². The lowest BCUT2D eigenvalue weighted by atomic mass is 9.84. The zero-order valence-electron chi connectivity index (χ0n) is 12.4. The van der Waals surface area contributed by atoms with Gasteiger partial charge in [0.25, 0.3) is 0 Å². The Morgan fingerprint density at radius 3 is 2.24 bits per heavy atom. The summed E-state index contributed by atoms with van der Waals surface area (Å²) in [7, 11) is 0. The van der Waals surface area contributed by atoms with Gasteiger partial charge < -0.3 is 0 Å². The van der Waals surface area contributed by atoms with Crippen LogP contribution in [0.25, 0.3) is 0 Å². The van der Waals surface area contributed by atoms with Crippen LogP contribution in [-0.2, 0) is 11.3 Å². The number of likely N-dealkylation sites (tertiary alicyclic amines) is 1. The lowest BCUT2D eigenvalue weighted by Gasteiger charge is -2.35. The molecule has 1 saturated heterocycles. The summed E-state index contributed by atoms with van der Waals surface area (Å²) in [5.74, 6) is 0.497. The number of hydrogen-bond acceptors (Lipinski definition) is 2. The highest BCUT2D eigenvalue weighted by Gasteiger charge is 2.33. The first-order valence-corrected chi connectivity index (χ1v) is 7.59. The summed E-state index contributed by atoms with van der Waals surface area (Å²) in [4.78, 5) is 14.9. The van der Waals surface area contributed by atoms with Crippen molar-refractivity contribution in [3.8, 4) is 0 Å². The molecule has 2 heteroatoms. The summed E-state index contributed by atoms with van der Waals surface area (Å²) >= 11 is 0. The SMILES string of the molecule is CC1CN(Cc2ccccc2)CC(c2ccccc2)C1=O. The average molecular weight is 279 g/mol. The normalized spacial score (nSPS) is 23.2. The number of carbonyl (C=O) groups is 1. The zero-order valence-corrected chi connectivity index (χ0v) is 12.4. The zero-order chi connectivity index (χ0) is 14.7. The molecular formula is C19H21NO. The fraction of sp³-hybridized carbons (Fsp3) is 0.316. The Morgan fingerprint density at radius 1 is 0.952 bits per heavy atom. The van der Waals surface area contributed by atoms with Crippen molar-refractivity contribution in [3.63, 3.8) is 0 Å². The number of Topliss-reactive ketones (excluding diaryl/α,β-unsaturated/α-hetero) is 1. The van der Waals surface area contributed by atoms with Crippen molar-refractivity contribution in [2.45, 2.75) is 19.4 Å². The van der Waals surface area contributed by atoms with Gasteiger partial charge >= 0.3 is 0 Å². The molecule has 0 radical (unpaired) electrons. The van der Waals surface area contributed by atoms with E-state index in [1.54, 1.807) is 0 Å². The van der Waals surface area contributed by atoms with E-state index in [4.69, 9.17) is 0 Å². The Kier molecular flexibility index (Phi) is 4.16. The minimum Gasteiger partial charge on any atom is -0.299 e. The first-order valence-electron chi connectivity index (χ1n) is 7.59. The van der Waals surface area contributed by atoms with Crippen LogP contribution in [-0.4, -0.2) is 23.8 Å². The van der Waals surface area contributed by atoms with E-state index in [0.717, 1.165) is 25.2 Å². The molecule has 3 rings (SSSR count). The molecule has 1 heterocycles. The van der Waals surface area contributed by atoms with E-state index in [1.807, 2.05) is 24.3 Å². The number of nitrogens with zero attached hydrogens (tertiary/aromatic N) is 1. The van der Waals surface area contributed by atoms with Gasteiger partial charge in [0.05, 0.1) is 5.92 Å². The molecule has 0 amide bonds. The van der Waals surface area contributed by atoms with E-state index >= 15 is 0 Å². The fourth-order valence-corrected chi connectivity index (χ4v) is 3.17. The van der Waals surface area contributed by atoms with Gasteiger partial charge in [0.15, 0.2) is 0 Å². The largest absolute Gasteiger partial charge is 0.299 e. The van der Waals surface area contributed by atoms with Gasteiger partial charge in [-0.3, -0.25) is 9.69 Å². The van der Waals surface area contributed by atoms with Gasteiger partial charge in [-0.25, -0.2) is 0 Å². The summed E-state index contributed by atoms with van der Waals surface area (Å²) in [5, 5.41) is 0. The van der Waals surface area contributed by atoms with Crippen LogP contribution in [0.5, 0.6) is 0 Å². The van der Waals surface area contributed by atoms with Gasteiger partial charge in [-0.05, 0) is 11.1 Å². The third-order valence-corrected chi connectivity index (χ3v) is 4.25. The van der Waals surface area contributed by atoms with Crippen molar-refractivity contribution >= 4 is 5.78 Å². The second kappa shape index (κ2) is 6.23. The molecule has 1 fully saturated rings. The monoisotopic (exact) mass is 279 g/mol. The van der Waals surface area contributed by atoms with Crippen molar-refractivity contribution in [2.24, 2.45) is 5.92 Å². The van der Waals surface area contributed by atoms with Crippen LogP contribution in [0.1, 0.15) is 24.0 Å². The highest BCUT2D eigenvalue weighted by atomic mass is 16.1. The van der Waals surface area contributed by atoms with Gasteiger partial charge in [-0.2, -0.15) is 0 Å². The van der Waals surface area contributed by atoms with E-state index in [0.29, 0.717) is 5.78 Å². The van der Waals surface area contributed by atoms with E-state index in [9.17, 15) is 4.79 Å². The van der Waals surface area contributed by atoms with Crippen LogP contribution in [0.15, 0.2) is 60.7 Å². The molecule has 0 aliphatic carbocycles. The smallest absolute Gasteiger partial charge is 0.145 e. The molecule has 0 N–H and O–H groups in total. The van der Waals surface area contributed by atoms with Gasteiger partial charge in [-0.15, -0.1) is 0 Å². The van der Waals surface area contributed by atoms with Crippen LogP contribution in [0.4, 0.5) is 0 Å². The predicted octanol–water partition coefficient (Wildman–Crippen LogP) is 3.49. The molecule has 2 aromatic carbocycles. The van der Waals surface area contributed by atoms with Crippen molar-refractivity contribution < 1.29 is 4.79 Å². The van der Waals surface area contributed by atoms with Crippen LogP contribution in [0.3, 0.4) is 0 Å². The standard InChI is InChI=1S/C19H21NO/c1-15-12-20(13-16-8-4-2-5-9-16)14-18(19(15)21)17-10-6-3-7-11-17/h2-11,15,18H,12-14H2,1H3. The summed E-state index contributed by atoms with van der Waals surface area (Å²) in [6.07, 6.45) is 0. The van der Waals surface area contributed by atoms with Gasteiger partial charge in [0.2, 0.25) is 0 Å². The lowest BCUT2D eigenvalue weighted by Crippen LogP contribution is -2.44. The second-order valence-electron chi connectivity index (χ2n) is 5.95. The third-order valence-electron chi connectivity index (χ3n) is 4.25. The number of hydrogen-bond donors (Lipinski definition) is 0. The quantitative estimate of drug-likeness (QED) is 0.857. The minimum absolute atomic E-state index is 0.0127. The maximum Gasteiger partial charge on any atom is 0.145 e. The Balaban J connectivity index is 1.77. The van der Waals surface area contributed by atoms with Gasteiger partial charge in [0.1, 0.15) is 5.78 Å². The van der Waals surface area contributed by atoms with Crippen LogP contribution < -0.4 is 0 Å². The molecule has 2 aromatic rings. The fourth-order valence-electron chi connectivity index (χ4n) is 3.17. The first kappa shape index (κ1) is 14.0. The van der Waals surface area contributed by atoms with E-state index in [1.165, 1.54) is 5.56 Å². The first-order chi connectivity index (χ1) is 10.2. The molecule has 2 nitrogen and oxygen atoms in total. The molecule has 0 spiro atoms. The van der Waals surface area contributed by atoms with E-state index in [-0.39, 0.29) is 11.8 Å². The Morgan fingerprint density at radius 2 is 1.57 bits per heavy atom. The van der Waals surface area contributed by atoms with Crippen LogP contribution in [0.2, 0.25) is 0 Å². The number of ketones is 1. The van der Waals surface area contributed by atoms with Crippen molar-refractivity contribution in [1.29, 1.82) is 0 Å². The van der Waals surface area contributed by atoms with Gasteiger partial charge in [0, 0.05) is 25.6 Å². The molecule has 1 aliphatic rings. The number of rotatable bonds is 3. The van der Waals surface area contributed by atoms with Crippen molar-refractivity contribution in [3.05, 3.63) is 71.8 Å². The summed E-state index contributed by atoms with van der Waals surface area (Å²) in [5.41, 5.74) is 2.46. The topological polar surface area (TPSA) is 20.3 Å². The Bertz CT molecular complexity index is 593. The molecule has 2 atom stereocenters.